The molecule has 0 unspecified atom stereocenters. The number of hydrogen-bond donors (Lipinski definition) is 1. The van der Waals surface area contributed by atoms with Crippen LogP contribution in [0.25, 0.3) is 11.6 Å². The van der Waals surface area contributed by atoms with Crippen LogP contribution in [-0.4, -0.2) is 39.8 Å². The minimum atomic E-state index is 0.00388. The van der Waals surface area contributed by atoms with Crippen molar-refractivity contribution < 1.29 is 9.59 Å². The Labute approximate surface area is 169 Å². The number of fused-ring (bicyclic) bond motifs is 2. The predicted molar refractivity (Wildman–Crippen MR) is 111 cm³/mol. The normalized spacial score (nSPS) is 23.0. The SMILES string of the molecule is O=C1CCc2cc(/C=C/C(=O)N3C[C@@H]4CC(c5ccncc5)=C[C@@H]4C3)cnc2N1. The summed E-state index contributed by atoms with van der Waals surface area (Å²) in [6.45, 7) is 1.57. The number of amides is 2. The number of rotatable bonds is 3. The summed E-state index contributed by atoms with van der Waals surface area (Å²) in [5, 5.41) is 2.78. The van der Waals surface area contributed by atoms with Crippen LogP contribution < -0.4 is 5.32 Å². The first-order chi connectivity index (χ1) is 14.2. The van der Waals surface area contributed by atoms with Crippen molar-refractivity contribution in [1.29, 1.82) is 0 Å². The molecule has 2 aromatic rings. The molecule has 1 N–H and O–H groups in total. The van der Waals surface area contributed by atoms with E-state index in [-0.39, 0.29) is 11.8 Å². The molecule has 2 aliphatic heterocycles. The first-order valence-electron chi connectivity index (χ1n) is 10.0. The van der Waals surface area contributed by atoms with Crippen LogP contribution in [0.2, 0.25) is 0 Å². The number of carbonyl (C=O) groups is 2. The van der Waals surface area contributed by atoms with Gasteiger partial charge in [0.05, 0.1) is 0 Å². The molecule has 6 heteroatoms. The highest BCUT2D eigenvalue weighted by Gasteiger charge is 2.37. The molecule has 4 heterocycles. The maximum atomic E-state index is 12.7. The molecule has 0 radical (unpaired) electrons. The molecule has 146 valence electrons. The Morgan fingerprint density at radius 2 is 2.07 bits per heavy atom. The highest BCUT2D eigenvalue weighted by molar-refractivity contribution is 5.94. The van der Waals surface area contributed by atoms with Gasteiger partial charge in [0.15, 0.2) is 0 Å². The van der Waals surface area contributed by atoms with E-state index in [9.17, 15) is 9.59 Å². The highest BCUT2D eigenvalue weighted by atomic mass is 16.2. The molecule has 2 atom stereocenters. The van der Waals surface area contributed by atoms with Gasteiger partial charge in [0, 0.05) is 44.2 Å². The van der Waals surface area contributed by atoms with E-state index < -0.39 is 0 Å². The molecule has 2 amide bonds. The van der Waals surface area contributed by atoms with Gasteiger partial charge in [-0.2, -0.15) is 0 Å². The predicted octanol–water partition coefficient (Wildman–Crippen LogP) is 2.94. The third-order valence-corrected chi connectivity index (χ3v) is 6.04. The number of pyridine rings is 2. The molecule has 1 aliphatic carbocycles. The van der Waals surface area contributed by atoms with E-state index in [1.54, 1.807) is 12.3 Å². The second-order valence-electron chi connectivity index (χ2n) is 7.96. The van der Waals surface area contributed by atoms with E-state index in [4.69, 9.17) is 0 Å². The molecule has 0 aromatic carbocycles. The number of allylic oxidation sites excluding steroid dienone is 1. The van der Waals surface area contributed by atoms with Crippen LogP contribution >= 0.6 is 0 Å². The number of carbonyl (C=O) groups excluding carboxylic acids is 2. The number of aromatic nitrogens is 2. The molecule has 29 heavy (non-hydrogen) atoms. The standard InChI is InChI=1S/C23H22N4O2/c28-21-3-2-17-9-15(12-25-23(17)26-21)1-4-22(29)27-13-19-10-18(11-20(19)14-27)16-5-7-24-8-6-16/h1,4-10,12,19-20H,2-3,11,13-14H2,(H,25,26,28)/b4-1+/t19-,20+/m1/s1. The van der Waals surface area contributed by atoms with Crippen molar-refractivity contribution >= 4 is 29.3 Å². The lowest BCUT2D eigenvalue weighted by Gasteiger charge is -2.16. The first-order valence-corrected chi connectivity index (χ1v) is 10.0. The van der Waals surface area contributed by atoms with Crippen LogP contribution in [0.15, 0.2) is 48.9 Å². The summed E-state index contributed by atoms with van der Waals surface area (Å²) in [5.74, 6) is 1.62. The van der Waals surface area contributed by atoms with Gasteiger partial charge in [-0.25, -0.2) is 4.98 Å². The summed E-state index contributed by atoms with van der Waals surface area (Å²) in [7, 11) is 0. The van der Waals surface area contributed by atoms with Crippen LogP contribution in [-0.2, 0) is 16.0 Å². The molecular weight excluding hydrogens is 364 g/mol. The van der Waals surface area contributed by atoms with E-state index in [0.717, 1.165) is 30.6 Å². The number of anilines is 1. The topological polar surface area (TPSA) is 75.2 Å². The van der Waals surface area contributed by atoms with Crippen molar-refractivity contribution in [2.45, 2.75) is 19.3 Å². The van der Waals surface area contributed by atoms with E-state index in [2.05, 4.69) is 33.5 Å². The molecule has 0 bridgehead atoms. The van der Waals surface area contributed by atoms with Crippen molar-refractivity contribution in [1.82, 2.24) is 14.9 Å². The van der Waals surface area contributed by atoms with Gasteiger partial charge in [-0.15, -0.1) is 0 Å². The third-order valence-electron chi connectivity index (χ3n) is 6.04. The van der Waals surface area contributed by atoms with Crippen molar-refractivity contribution in [2.75, 3.05) is 18.4 Å². The number of likely N-dealkylation sites (tertiary alicyclic amines) is 1. The summed E-state index contributed by atoms with van der Waals surface area (Å²) < 4.78 is 0. The molecule has 0 spiro atoms. The Kier molecular flexibility index (Phi) is 4.46. The van der Waals surface area contributed by atoms with Crippen molar-refractivity contribution in [2.24, 2.45) is 11.8 Å². The van der Waals surface area contributed by atoms with Crippen LogP contribution in [0, 0.1) is 11.8 Å². The van der Waals surface area contributed by atoms with Gasteiger partial charge in [-0.05, 0) is 71.2 Å². The molecule has 0 saturated carbocycles. The minimum absolute atomic E-state index is 0.00388. The summed E-state index contributed by atoms with van der Waals surface area (Å²) in [6, 6.07) is 6.10. The number of nitrogens with one attached hydrogen (secondary N) is 1. The molecule has 6 nitrogen and oxygen atoms in total. The first kappa shape index (κ1) is 17.8. The maximum absolute atomic E-state index is 12.7. The van der Waals surface area contributed by atoms with E-state index in [1.807, 2.05) is 29.4 Å². The Hall–Kier alpha value is -3.28. The van der Waals surface area contributed by atoms with Crippen molar-refractivity contribution in [3.63, 3.8) is 0 Å². The van der Waals surface area contributed by atoms with Gasteiger partial charge >= 0.3 is 0 Å². The molecule has 1 fully saturated rings. The van der Waals surface area contributed by atoms with Gasteiger partial charge in [0.25, 0.3) is 0 Å². The molecule has 3 aliphatic rings. The zero-order valence-electron chi connectivity index (χ0n) is 16.0. The number of hydrogen-bond acceptors (Lipinski definition) is 4. The second-order valence-corrected chi connectivity index (χ2v) is 7.96. The fraction of sp³-hybridized carbons (Fsp3) is 0.304. The van der Waals surface area contributed by atoms with Crippen LogP contribution in [0.3, 0.4) is 0 Å². The lowest BCUT2D eigenvalue weighted by atomic mass is 9.99. The van der Waals surface area contributed by atoms with Crippen molar-refractivity contribution in [3.8, 4) is 0 Å². The quantitative estimate of drug-likeness (QED) is 0.823. The molecule has 1 saturated heterocycles. The lowest BCUT2D eigenvalue weighted by molar-refractivity contribution is -0.125. The average Bonchev–Trinajstić information content (AvgIpc) is 3.32. The van der Waals surface area contributed by atoms with Crippen molar-refractivity contribution in [3.05, 3.63) is 65.6 Å². The van der Waals surface area contributed by atoms with Gasteiger partial charge in [-0.3, -0.25) is 14.6 Å². The smallest absolute Gasteiger partial charge is 0.246 e. The lowest BCUT2D eigenvalue weighted by Crippen LogP contribution is -2.27. The fourth-order valence-corrected chi connectivity index (χ4v) is 4.51. The molecule has 2 aromatic heterocycles. The minimum Gasteiger partial charge on any atom is -0.338 e. The highest BCUT2D eigenvalue weighted by Crippen LogP contribution is 2.40. The summed E-state index contributed by atoms with van der Waals surface area (Å²) in [4.78, 5) is 34.4. The zero-order valence-corrected chi connectivity index (χ0v) is 16.0. The third kappa shape index (κ3) is 3.58. The van der Waals surface area contributed by atoms with Gasteiger partial charge in [0.1, 0.15) is 5.82 Å². The Morgan fingerprint density at radius 1 is 1.21 bits per heavy atom. The largest absolute Gasteiger partial charge is 0.338 e. The summed E-state index contributed by atoms with van der Waals surface area (Å²) in [6.07, 6.45) is 13.3. The van der Waals surface area contributed by atoms with E-state index in [1.165, 1.54) is 11.1 Å². The van der Waals surface area contributed by atoms with Gasteiger partial charge in [0.2, 0.25) is 11.8 Å². The Morgan fingerprint density at radius 3 is 2.90 bits per heavy atom. The van der Waals surface area contributed by atoms with Gasteiger partial charge in [-0.1, -0.05) is 6.08 Å². The van der Waals surface area contributed by atoms with Crippen LogP contribution in [0.5, 0.6) is 0 Å². The molecule has 5 rings (SSSR count). The maximum Gasteiger partial charge on any atom is 0.246 e. The van der Waals surface area contributed by atoms with Crippen LogP contribution in [0.1, 0.15) is 29.5 Å². The second kappa shape index (κ2) is 7.28. The summed E-state index contributed by atoms with van der Waals surface area (Å²) in [5.41, 5.74) is 4.51. The van der Waals surface area contributed by atoms with Gasteiger partial charge < -0.3 is 10.2 Å². The molecular formula is C23H22N4O2. The average molecular weight is 386 g/mol. The number of nitrogens with zero attached hydrogens (tertiary/aromatic N) is 3. The van der Waals surface area contributed by atoms with E-state index >= 15 is 0 Å². The zero-order chi connectivity index (χ0) is 19.8. The van der Waals surface area contributed by atoms with E-state index in [0.29, 0.717) is 30.5 Å². The Bertz CT molecular complexity index is 1030. The number of aryl methyl sites for hydroxylation is 1. The monoisotopic (exact) mass is 386 g/mol. The van der Waals surface area contributed by atoms with Crippen LogP contribution in [0.4, 0.5) is 5.82 Å². The fourth-order valence-electron chi connectivity index (χ4n) is 4.51. The Balaban J connectivity index is 1.23. The summed E-state index contributed by atoms with van der Waals surface area (Å²) >= 11 is 0.